The van der Waals surface area contributed by atoms with Gasteiger partial charge in [0.05, 0.1) is 0 Å². The second-order valence-corrected chi connectivity index (χ2v) is 7.44. The number of halogens is 2. The Labute approximate surface area is 112 Å². The average molecular weight is 346 g/mol. The van der Waals surface area contributed by atoms with Crippen LogP contribution in [-0.2, 0) is 13.8 Å². The van der Waals surface area contributed by atoms with Crippen LogP contribution in [0, 0.1) is 0 Å². The van der Waals surface area contributed by atoms with Crippen LogP contribution >= 0.6 is 26.6 Å². The van der Waals surface area contributed by atoms with Crippen LogP contribution in [0.4, 0.5) is 0 Å². The highest BCUT2D eigenvalue weighted by Crippen LogP contribution is 2.29. The Morgan fingerprint density at radius 2 is 2.00 bits per heavy atom. The van der Waals surface area contributed by atoms with Crippen molar-refractivity contribution in [2.75, 3.05) is 0 Å². The van der Waals surface area contributed by atoms with Crippen molar-refractivity contribution >= 4 is 41.6 Å². The van der Waals surface area contributed by atoms with Crippen LogP contribution < -0.4 is 0 Å². The summed E-state index contributed by atoms with van der Waals surface area (Å²) < 4.78 is 32.0. The molecule has 0 aliphatic rings. The Kier molecular flexibility index (Phi) is 3.95. The third-order valence-corrected chi connectivity index (χ3v) is 3.70. The lowest BCUT2D eigenvalue weighted by Crippen LogP contribution is -2.23. The van der Waals surface area contributed by atoms with E-state index in [1.165, 1.54) is 0 Å². The van der Waals surface area contributed by atoms with Crippen molar-refractivity contribution < 1.29 is 22.4 Å². The summed E-state index contributed by atoms with van der Waals surface area (Å²) in [4.78, 5) is 11.3. The predicted octanol–water partition coefficient (Wildman–Crippen LogP) is 2.92. The van der Waals surface area contributed by atoms with Gasteiger partial charge < -0.3 is 9.15 Å². The molecule has 0 bridgehead atoms. The second kappa shape index (κ2) is 4.62. The van der Waals surface area contributed by atoms with Gasteiger partial charge in [-0.3, -0.25) is 0 Å². The van der Waals surface area contributed by atoms with E-state index in [9.17, 15) is 13.2 Å². The van der Waals surface area contributed by atoms with Crippen LogP contribution in [0.3, 0.4) is 0 Å². The van der Waals surface area contributed by atoms with Crippen LogP contribution in [0.25, 0.3) is 0 Å². The van der Waals surface area contributed by atoms with Crippen molar-refractivity contribution in [3.63, 3.8) is 0 Å². The fraction of sp³-hybridized carbons (Fsp3) is 0.444. The lowest BCUT2D eigenvalue weighted by Gasteiger charge is -2.18. The molecule has 0 aromatic carbocycles. The SMILES string of the molecule is CC(C)(C)OC(=O)c1cc(S(=O)(=O)Cl)c(Br)o1. The first-order chi connectivity index (χ1) is 7.50. The van der Waals surface area contributed by atoms with E-state index in [1.807, 2.05) is 0 Å². The Morgan fingerprint density at radius 3 is 2.35 bits per heavy atom. The summed E-state index contributed by atoms with van der Waals surface area (Å²) >= 11 is 2.86. The molecule has 0 aliphatic carbocycles. The van der Waals surface area contributed by atoms with Gasteiger partial charge in [-0.05, 0) is 36.7 Å². The van der Waals surface area contributed by atoms with E-state index in [2.05, 4.69) is 15.9 Å². The molecule has 0 aliphatic heterocycles. The highest BCUT2D eigenvalue weighted by atomic mass is 79.9. The molecule has 0 atom stereocenters. The first-order valence-electron chi connectivity index (χ1n) is 4.48. The van der Waals surface area contributed by atoms with E-state index in [4.69, 9.17) is 19.8 Å². The Bertz CT molecular complexity index is 540. The van der Waals surface area contributed by atoms with Crippen LogP contribution in [0.1, 0.15) is 31.3 Å². The van der Waals surface area contributed by atoms with Crippen molar-refractivity contribution in [3.05, 3.63) is 16.5 Å². The Balaban J connectivity index is 3.07. The molecule has 96 valence electrons. The fourth-order valence-corrected chi connectivity index (χ4v) is 2.98. The molecule has 5 nitrogen and oxygen atoms in total. The fourth-order valence-electron chi connectivity index (χ4n) is 0.947. The number of esters is 1. The van der Waals surface area contributed by atoms with Crippen LogP contribution in [0.15, 0.2) is 20.0 Å². The smallest absolute Gasteiger partial charge is 0.374 e. The van der Waals surface area contributed by atoms with Gasteiger partial charge in [-0.15, -0.1) is 0 Å². The van der Waals surface area contributed by atoms with E-state index in [1.54, 1.807) is 20.8 Å². The number of furan rings is 1. The van der Waals surface area contributed by atoms with Crippen LogP contribution in [-0.4, -0.2) is 20.0 Å². The molecule has 1 aromatic heterocycles. The molecule has 0 fully saturated rings. The van der Waals surface area contributed by atoms with Crippen molar-refractivity contribution in [1.29, 1.82) is 0 Å². The molecule has 1 rings (SSSR count). The quantitative estimate of drug-likeness (QED) is 0.608. The molecular weight excluding hydrogens is 336 g/mol. The lowest BCUT2D eigenvalue weighted by molar-refractivity contribution is 0.00347. The lowest BCUT2D eigenvalue weighted by atomic mass is 10.2. The number of hydrogen-bond acceptors (Lipinski definition) is 5. The van der Waals surface area contributed by atoms with Crippen LogP contribution in [0.5, 0.6) is 0 Å². The Hall–Kier alpha value is -0.530. The van der Waals surface area contributed by atoms with E-state index in [0.717, 1.165) is 6.07 Å². The zero-order valence-electron chi connectivity index (χ0n) is 9.28. The van der Waals surface area contributed by atoms with E-state index in [0.29, 0.717) is 0 Å². The highest BCUT2D eigenvalue weighted by Gasteiger charge is 2.26. The highest BCUT2D eigenvalue weighted by molar-refractivity contribution is 9.10. The van der Waals surface area contributed by atoms with Gasteiger partial charge >= 0.3 is 5.97 Å². The van der Waals surface area contributed by atoms with Crippen molar-refractivity contribution in [1.82, 2.24) is 0 Å². The third kappa shape index (κ3) is 4.01. The minimum Gasteiger partial charge on any atom is -0.454 e. The molecule has 8 heteroatoms. The third-order valence-electron chi connectivity index (χ3n) is 1.52. The molecule has 0 saturated heterocycles. The predicted molar refractivity (Wildman–Crippen MR) is 64.6 cm³/mol. The molecular formula is C9H10BrClO5S. The maximum absolute atomic E-state index is 11.6. The number of ether oxygens (including phenoxy) is 1. The zero-order chi connectivity index (χ0) is 13.4. The van der Waals surface area contributed by atoms with Gasteiger partial charge in [0.2, 0.25) is 5.76 Å². The molecule has 17 heavy (non-hydrogen) atoms. The molecule has 0 radical (unpaired) electrons. The largest absolute Gasteiger partial charge is 0.454 e. The summed E-state index contributed by atoms with van der Waals surface area (Å²) in [6.07, 6.45) is 0. The van der Waals surface area contributed by atoms with E-state index >= 15 is 0 Å². The number of rotatable bonds is 2. The van der Waals surface area contributed by atoms with Crippen molar-refractivity contribution in [3.8, 4) is 0 Å². The standard InChI is InChI=1S/C9H10BrClO5S/c1-9(2,3)16-8(12)5-4-6(7(10)15-5)17(11,13)14/h4H,1-3H3. The molecule has 0 spiro atoms. The number of hydrogen-bond donors (Lipinski definition) is 0. The van der Waals surface area contributed by atoms with Gasteiger partial charge in [-0.2, -0.15) is 0 Å². The topological polar surface area (TPSA) is 73.6 Å². The summed E-state index contributed by atoms with van der Waals surface area (Å²) in [6, 6.07) is 1.01. The summed E-state index contributed by atoms with van der Waals surface area (Å²) in [7, 11) is 1.18. The maximum Gasteiger partial charge on any atom is 0.374 e. The van der Waals surface area contributed by atoms with E-state index in [-0.39, 0.29) is 15.3 Å². The molecule has 1 aromatic rings. The summed E-state index contributed by atoms with van der Waals surface area (Å²) in [5.41, 5.74) is -0.698. The van der Waals surface area contributed by atoms with Gasteiger partial charge in [-0.1, -0.05) is 0 Å². The second-order valence-electron chi connectivity index (χ2n) is 4.19. The number of carbonyl (C=O) groups excluding carboxylic acids is 1. The van der Waals surface area contributed by atoms with Crippen molar-refractivity contribution in [2.45, 2.75) is 31.3 Å². The molecule has 1 heterocycles. The molecule has 0 unspecified atom stereocenters. The maximum atomic E-state index is 11.6. The molecule has 0 saturated carbocycles. The molecule has 0 amide bonds. The normalized spacial score (nSPS) is 12.5. The van der Waals surface area contributed by atoms with Gasteiger partial charge in [0, 0.05) is 16.7 Å². The molecule has 0 N–H and O–H groups in total. The monoisotopic (exact) mass is 344 g/mol. The van der Waals surface area contributed by atoms with Gasteiger partial charge in [-0.25, -0.2) is 13.2 Å². The number of carbonyl (C=O) groups is 1. The van der Waals surface area contributed by atoms with Crippen LogP contribution in [0.2, 0.25) is 0 Å². The minimum atomic E-state index is -3.97. The summed E-state index contributed by atoms with van der Waals surface area (Å²) in [6.45, 7) is 5.05. The van der Waals surface area contributed by atoms with E-state index < -0.39 is 20.6 Å². The Morgan fingerprint density at radius 1 is 1.47 bits per heavy atom. The minimum absolute atomic E-state index is 0.131. The van der Waals surface area contributed by atoms with Gasteiger partial charge in [0.25, 0.3) is 9.05 Å². The van der Waals surface area contributed by atoms with Gasteiger partial charge in [0.15, 0.2) is 4.67 Å². The first kappa shape index (κ1) is 14.5. The first-order valence-corrected chi connectivity index (χ1v) is 7.58. The average Bonchev–Trinajstić information content (AvgIpc) is 2.42. The van der Waals surface area contributed by atoms with Gasteiger partial charge in [0.1, 0.15) is 10.5 Å². The van der Waals surface area contributed by atoms with Crippen molar-refractivity contribution in [2.24, 2.45) is 0 Å². The summed E-state index contributed by atoms with van der Waals surface area (Å²) in [5, 5.41) is 0. The zero-order valence-corrected chi connectivity index (χ0v) is 12.4. The summed E-state index contributed by atoms with van der Waals surface area (Å²) in [5.74, 6) is -0.990.